The monoisotopic (exact) mass is 340 g/mol. The van der Waals surface area contributed by atoms with Crippen LogP contribution in [0.5, 0.6) is 5.75 Å². The molecule has 3 aromatic rings. The first-order valence-corrected chi connectivity index (χ1v) is 8.02. The molecule has 0 atom stereocenters. The minimum Gasteiger partial charge on any atom is -0.506 e. The molecule has 25 heavy (non-hydrogen) atoms. The van der Waals surface area contributed by atoms with E-state index in [4.69, 9.17) is 4.74 Å². The van der Waals surface area contributed by atoms with E-state index in [1.165, 1.54) is 0 Å². The van der Waals surface area contributed by atoms with Gasteiger partial charge in [-0.1, -0.05) is 0 Å². The van der Waals surface area contributed by atoms with Gasteiger partial charge in [0.15, 0.2) is 0 Å². The molecule has 0 aliphatic rings. The van der Waals surface area contributed by atoms with Crippen LogP contribution in [-0.4, -0.2) is 32.2 Å². The van der Waals surface area contributed by atoms with Crippen LogP contribution in [-0.2, 0) is 18.3 Å². The standard InChI is InChI=1S/C18H20N4O3/c1-4-25-17(24)12-6-7-15-13(9-12)21-18(22(15)3)19-10-14-16(23)8-5-11(2)20-14/h5-9,23H,4,10H2,1-3H3,(H,19,21). The van der Waals surface area contributed by atoms with Gasteiger partial charge in [0, 0.05) is 12.7 Å². The number of imidazole rings is 1. The van der Waals surface area contributed by atoms with Crippen LogP contribution in [0.4, 0.5) is 5.95 Å². The molecule has 130 valence electrons. The van der Waals surface area contributed by atoms with Gasteiger partial charge in [-0.25, -0.2) is 9.78 Å². The molecule has 2 aromatic heterocycles. The topological polar surface area (TPSA) is 89.3 Å². The maximum Gasteiger partial charge on any atom is 0.338 e. The first-order chi connectivity index (χ1) is 12.0. The Bertz CT molecular complexity index is 933. The van der Waals surface area contributed by atoms with Crippen LogP contribution in [0.1, 0.15) is 28.7 Å². The molecule has 2 heterocycles. The van der Waals surface area contributed by atoms with E-state index in [1.54, 1.807) is 31.2 Å². The van der Waals surface area contributed by atoms with Crippen LogP contribution in [0.3, 0.4) is 0 Å². The predicted molar refractivity (Wildman–Crippen MR) is 94.6 cm³/mol. The molecule has 0 aliphatic carbocycles. The smallest absolute Gasteiger partial charge is 0.338 e. The summed E-state index contributed by atoms with van der Waals surface area (Å²) in [5.74, 6) is 0.402. The molecule has 7 nitrogen and oxygen atoms in total. The zero-order valence-corrected chi connectivity index (χ0v) is 14.4. The van der Waals surface area contributed by atoms with E-state index in [0.717, 1.165) is 11.2 Å². The van der Waals surface area contributed by atoms with Crippen molar-refractivity contribution in [1.29, 1.82) is 0 Å². The van der Waals surface area contributed by atoms with Crippen LogP contribution in [0.15, 0.2) is 30.3 Å². The second-order valence-electron chi connectivity index (χ2n) is 5.69. The van der Waals surface area contributed by atoms with E-state index in [-0.39, 0.29) is 11.7 Å². The number of pyridine rings is 1. The second kappa shape index (κ2) is 6.80. The van der Waals surface area contributed by atoms with E-state index in [0.29, 0.717) is 35.9 Å². The third-order valence-electron chi connectivity index (χ3n) is 3.90. The summed E-state index contributed by atoms with van der Waals surface area (Å²) in [6.45, 7) is 4.32. The third kappa shape index (κ3) is 3.40. The van der Waals surface area contributed by atoms with Gasteiger partial charge in [0.1, 0.15) is 11.4 Å². The maximum absolute atomic E-state index is 11.9. The first kappa shape index (κ1) is 16.8. The predicted octanol–water partition coefficient (Wildman–Crippen LogP) is 2.77. The number of nitrogens with one attached hydrogen (secondary N) is 1. The number of aromatic nitrogens is 3. The minimum absolute atomic E-state index is 0.140. The molecule has 2 N–H and O–H groups in total. The Hall–Kier alpha value is -3.09. The largest absolute Gasteiger partial charge is 0.506 e. The Morgan fingerprint density at radius 3 is 2.84 bits per heavy atom. The zero-order chi connectivity index (χ0) is 18.0. The molecule has 0 saturated heterocycles. The third-order valence-corrected chi connectivity index (χ3v) is 3.90. The zero-order valence-electron chi connectivity index (χ0n) is 14.4. The lowest BCUT2D eigenvalue weighted by Crippen LogP contribution is -2.07. The Labute approximate surface area is 145 Å². The number of esters is 1. The van der Waals surface area contributed by atoms with Crippen molar-refractivity contribution in [2.75, 3.05) is 11.9 Å². The number of hydrogen-bond donors (Lipinski definition) is 2. The molecule has 0 aliphatic heterocycles. The Kier molecular flexibility index (Phi) is 4.56. The normalized spacial score (nSPS) is 10.8. The summed E-state index contributed by atoms with van der Waals surface area (Å²) in [6, 6.07) is 8.65. The van der Waals surface area contributed by atoms with Crippen molar-refractivity contribution in [3.63, 3.8) is 0 Å². The minimum atomic E-state index is -0.363. The van der Waals surface area contributed by atoms with E-state index in [1.807, 2.05) is 24.6 Å². The molecule has 0 amide bonds. The maximum atomic E-state index is 11.9. The SMILES string of the molecule is CCOC(=O)c1ccc2c(c1)nc(NCc1nc(C)ccc1O)n2C. The number of fused-ring (bicyclic) bond motifs is 1. The van der Waals surface area contributed by atoms with Gasteiger partial charge in [-0.3, -0.25) is 4.98 Å². The fraction of sp³-hybridized carbons (Fsp3) is 0.278. The molecular formula is C18H20N4O3. The summed E-state index contributed by atoms with van der Waals surface area (Å²) in [7, 11) is 1.88. The average Bonchev–Trinajstić information content (AvgIpc) is 2.91. The van der Waals surface area contributed by atoms with Crippen LogP contribution < -0.4 is 5.32 Å². The van der Waals surface area contributed by atoms with Crippen molar-refractivity contribution in [2.45, 2.75) is 20.4 Å². The second-order valence-corrected chi connectivity index (χ2v) is 5.69. The van der Waals surface area contributed by atoms with Crippen LogP contribution in [0.2, 0.25) is 0 Å². The number of rotatable bonds is 5. The summed E-state index contributed by atoms with van der Waals surface area (Å²) < 4.78 is 6.90. The lowest BCUT2D eigenvalue weighted by molar-refractivity contribution is 0.0526. The summed E-state index contributed by atoms with van der Waals surface area (Å²) >= 11 is 0. The molecule has 1 aromatic carbocycles. The summed E-state index contributed by atoms with van der Waals surface area (Å²) in [5.41, 5.74) is 3.43. The summed E-state index contributed by atoms with van der Waals surface area (Å²) in [4.78, 5) is 20.7. The highest BCUT2D eigenvalue weighted by Gasteiger charge is 2.13. The van der Waals surface area contributed by atoms with Gasteiger partial charge in [0.2, 0.25) is 5.95 Å². The van der Waals surface area contributed by atoms with Crippen molar-refractivity contribution in [1.82, 2.24) is 14.5 Å². The van der Waals surface area contributed by atoms with Crippen LogP contribution in [0, 0.1) is 6.92 Å². The Balaban J connectivity index is 1.85. The molecule has 0 unspecified atom stereocenters. The molecule has 0 spiro atoms. The molecule has 3 rings (SSSR count). The molecule has 0 bridgehead atoms. The highest BCUT2D eigenvalue weighted by atomic mass is 16.5. The van der Waals surface area contributed by atoms with Crippen molar-refractivity contribution in [3.05, 3.63) is 47.3 Å². The van der Waals surface area contributed by atoms with Crippen LogP contribution >= 0.6 is 0 Å². The van der Waals surface area contributed by atoms with Gasteiger partial charge in [-0.2, -0.15) is 0 Å². The number of aryl methyl sites for hydroxylation is 2. The Morgan fingerprint density at radius 1 is 1.28 bits per heavy atom. The van der Waals surface area contributed by atoms with Gasteiger partial charge in [-0.05, 0) is 44.2 Å². The van der Waals surface area contributed by atoms with E-state index in [2.05, 4.69) is 15.3 Å². The number of hydrogen-bond acceptors (Lipinski definition) is 6. The van der Waals surface area contributed by atoms with Crippen molar-refractivity contribution in [3.8, 4) is 5.75 Å². The van der Waals surface area contributed by atoms with E-state index < -0.39 is 0 Å². The number of carbonyl (C=O) groups excluding carboxylic acids is 1. The number of carbonyl (C=O) groups is 1. The number of aromatic hydroxyl groups is 1. The number of anilines is 1. The quantitative estimate of drug-likeness (QED) is 0.694. The van der Waals surface area contributed by atoms with Crippen molar-refractivity contribution < 1.29 is 14.6 Å². The molecule has 0 fully saturated rings. The van der Waals surface area contributed by atoms with Gasteiger partial charge >= 0.3 is 5.97 Å². The van der Waals surface area contributed by atoms with Crippen molar-refractivity contribution in [2.24, 2.45) is 7.05 Å². The highest BCUT2D eigenvalue weighted by Crippen LogP contribution is 2.22. The number of nitrogens with zero attached hydrogens (tertiary/aromatic N) is 3. The van der Waals surface area contributed by atoms with E-state index in [9.17, 15) is 9.90 Å². The van der Waals surface area contributed by atoms with E-state index >= 15 is 0 Å². The fourth-order valence-electron chi connectivity index (χ4n) is 2.60. The molecule has 7 heteroatoms. The van der Waals surface area contributed by atoms with Gasteiger partial charge in [-0.15, -0.1) is 0 Å². The number of ether oxygens (including phenoxy) is 1. The average molecular weight is 340 g/mol. The fourth-order valence-corrected chi connectivity index (χ4v) is 2.60. The summed E-state index contributed by atoms with van der Waals surface area (Å²) in [5, 5.41) is 13.1. The lowest BCUT2D eigenvalue weighted by Gasteiger charge is -2.08. The van der Waals surface area contributed by atoms with Gasteiger partial charge in [0.05, 0.1) is 29.7 Å². The lowest BCUT2D eigenvalue weighted by atomic mass is 10.2. The molecule has 0 radical (unpaired) electrons. The number of benzene rings is 1. The van der Waals surface area contributed by atoms with Crippen molar-refractivity contribution >= 4 is 23.0 Å². The first-order valence-electron chi connectivity index (χ1n) is 8.02. The molecule has 0 saturated carbocycles. The van der Waals surface area contributed by atoms with Gasteiger partial charge in [0.25, 0.3) is 0 Å². The highest BCUT2D eigenvalue weighted by molar-refractivity contribution is 5.94. The molecular weight excluding hydrogens is 320 g/mol. The Morgan fingerprint density at radius 2 is 2.08 bits per heavy atom. The van der Waals surface area contributed by atoms with Crippen LogP contribution in [0.25, 0.3) is 11.0 Å². The summed E-state index contributed by atoms with van der Waals surface area (Å²) in [6.07, 6.45) is 0. The van der Waals surface area contributed by atoms with Gasteiger partial charge < -0.3 is 19.7 Å².